The van der Waals surface area contributed by atoms with Gasteiger partial charge in [-0.3, -0.25) is 9.69 Å². The molecule has 0 aliphatic carbocycles. The van der Waals surface area contributed by atoms with Crippen molar-refractivity contribution >= 4 is 5.91 Å². The zero-order valence-electron chi connectivity index (χ0n) is 8.35. The largest absolute Gasteiger partial charge is 0.350 e. The van der Waals surface area contributed by atoms with E-state index >= 15 is 0 Å². The molecular formula is C9H18N2O. The van der Waals surface area contributed by atoms with E-state index in [0.29, 0.717) is 0 Å². The Morgan fingerprint density at radius 1 is 1.50 bits per heavy atom. The van der Waals surface area contributed by atoms with Crippen LogP contribution in [0.1, 0.15) is 27.2 Å². The summed E-state index contributed by atoms with van der Waals surface area (Å²) in [6.45, 7) is 7.05. The summed E-state index contributed by atoms with van der Waals surface area (Å²) in [5.74, 6) is 0.163. The summed E-state index contributed by atoms with van der Waals surface area (Å²) >= 11 is 0. The average molecular weight is 170 g/mol. The number of carbonyl (C=O) groups is 1. The summed E-state index contributed by atoms with van der Waals surface area (Å²) in [7, 11) is 1.98. The van der Waals surface area contributed by atoms with Crippen molar-refractivity contribution in [3.63, 3.8) is 0 Å². The third-order valence-electron chi connectivity index (χ3n) is 2.09. The Morgan fingerprint density at radius 2 is 2.08 bits per heavy atom. The topological polar surface area (TPSA) is 32.3 Å². The van der Waals surface area contributed by atoms with Gasteiger partial charge in [0.05, 0.1) is 6.04 Å². The van der Waals surface area contributed by atoms with Gasteiger partial charge in [-0.2, -0.15) is 0 Å². The van der Waals surface area contributed by atoms with E-state index < -0.39 is 0 Å². The number of nitrogens with one attached hydrogen (secondary N) is 1. The molecule has 12 heavy (non-hydrogen) atoms. The molecular weight excluding hydrogens is 152 g/mol. The minimum absolute atomic E-state index is 0.104. The van der Waals surface area contributed by atoms with Crippen LogP contribution < -0.4 is 5.32 Å². The lowest BCUT2D eigenvalue weighted by Gasteiger charge is -2.38. The lowest BCUT2D eigenvalue weighted by atomic mass is 10.0. The lowest BCUT2D eigenvalue weighted by Crippen LogP contribution is -2.57. The number of carbonyl (C=O) groups excluding carboxylic acids is 1. The van der Waals surface area contributed by atoms with Crippen molar-refractivity contribution in [3.8, 4) is 0 Å². The molecule has 3 heteroatoms. The van der Waals surface area contributed by atoms with Gasteiger partial charge >= 0.3 is 0 Å². The van der Waals surface area contributed by atoms with E-state index in [9.17, 15) is 4.79 Å². The molecule has 1 fully saturated rings. The van der Waals surface area contributed by atoms with E-state index in [1.54, 1.807) is 0 Å². The number of hydrogen-bond donors (Lipinski definition) is 1. The number of nitrogens with zero attached hydrogens (tertiary/aromatic N) is 1. The van der Waals surface area contributed by atoms with Gasteiger partial charge in [-0.1, -0.05) is 0 Å². The second-order valence-electron chi connectivity index (χ2n) is 4.52. The van der Waals surface area contributed by atoms with Crippen LogP contribution in [0.5, 0.6) is 0 Å². The maximum Gasteiger partial charge on any atom is 0.237 e. The van der Waals surface area contributed by atoms with Crippen LogP contribution in [0, 0.1) is 0 Å². The zero-order chi connectivity index (χ0) is 9.35. The quantitative estimate of drug-likeness (QED) is 0.625. The van der Waals surface area contributed by atoms with Gasteiger partial charge in [-0.25, -0.2) is 0 Å². The Hall–Kier alpha value is -0.570. The zero-order valence-corrected chi connectivity index (χ0v) is 8.35. The fraction of sp³-hybridized carbons (Fsp3) is 0.889. The highest BCUT2D eigenvalue weighted by atomic mass is 16.2. The number of likely N-dealkylation sites (N-methyl/N-ethyl adjacent to an activating group) is 1. The minimum atomic E-state index is -0.104. The molecule has 0 saturated carbocycles. The highest BCUT2D eigenvalue weighted by Gasteiger charge is 2.32. The molecule has 70 valence electrons. The van der Waals surface area contributed by atoms with Gasteiger partial charge in [0.2, 0.25) is 5.91 Å². The second kappa shape index (κ2) is 3.05. The predicted molar refractivity (Wildman–Crippen MR) is 48.9 cm³/mol. The van der Waals surface area contributed by atoms with Crippen LogP contribution in [-0.4, -0.2) is 36.0 Å². The first kappa shape index (κ1) is 9.52. The molecule has 1 aliphatic rings. The number of rotatable bonds is 1. The van der Waals surface area contributed by atoms with Crippen molar-refractivity contribution in [2.45, 2.75) is 38.8 Å². The predicted octanol–water partition coefficient (Wildman–Crippen LogP) is 0.605. The second-order valence-corrected chi connectivity index (χ2v) is 4.52. The van der Waals surface area contributed by atoms with Crippen LogP contribution in [0.4, 0.5) is 0 Å². The van der Waals surface area contributed by atoms with Gasteiger partial charge in [-0.05, 0) is 34.2 Å². The first-order valence-electron chi connectivity index (χ1n) is 4.42. The van der Waals surface area contributed by atoms with E-state index in [0.717, 1.165) is 13.0 Å². The first-order chi connectivity index (χ1) is 5.40. The van der Waals surface area contributed by atoms with Crippen LogP contribution in [0.2, 0.25) is 0 Å². The standard InChI is InChI=1S/C9H18N2O/c1-9(2,3)10-8(12)7-5-6-11(7)4/h7H,5-6H2,1-4H3,(H,10,12). The normalized spacial score (nSPS) is 24.8. The molecule has 1 saturated heterocycles. The smallest absolute Gasteiger partial charge is 0.237 e. The average Bonchev–Trinajstić information content (AvgIpc) is 1.79. The van der Waals surface area contributed by atoms with E-state index in [4.69, 9.17) is 0 Å². The summed E-state index contributed by atoms with van der Waals surface area (Å²) in [5.41, 5.74) is -0.104. The van der Waals surface area contributed by atoms with Crippen molar-refractivity contribution < 1.29 is 4.79 Å². The van der Waals surface area contributed by atoms with Gasteiger partial charge in [-0.15, -0.1) is 0 Å². The maximum absolute atomic E-state index is 11.5. The van der Waals surface area contributed by atoms with Crippen LogP contribution in [0.15, 0.2) is 0 Å². The molecule has 1 amide bonds. The van der Waals surface area contributed by atoms with Crippen molar-refractivity contribution in [2.24, 2.45) is 0 Å². The molecule has 0 spiro atoms. The Balaban J connectivity index is 2.39. The fourth-order valence-electron chi connectivity index (χ4n) is 1.30. The number of hydrogen-bond acceptors (Lipinski definition) is 2. The van der Waals surface area contributed by atoms with Gasteiger partial charge in [0.15, 0.2) is 0 Å². The fourth-order valence-corrected chi connectivity index (χ4v) is 1.30. The Morgan fingerprint density at radius 3 is 2.33 bits per heavy atom. The van der Waals surface area contributed by atoms with Crippen molar-refractivity contribution in [3.05, 3.63) is 0 Å². The Labute approximate surface area is 74.1 Å². The first-order valence-corrected chi connectivity index (χ1v) is 4.42. The molecule has 1 N–H and O–H groups in total. The van der Waals surface area contributed by atoms with Crippen molar-refractivity contribution in [1.29, 1.82) is 0 Å². The molecule has 0 bridgehead atoms. The van der Waals surface area contributed by atoms with Gasteiger partial charge in [0, 0.05) is 12.1 Å². The monoisotopic (exact) mass is 170 g/mol. The van der Waals surface area contributed by atoms with Crippen LogP contribution in [0.3, 0.4) is 0 Å². The van der Waals surface area contributed by atoms with E-state index in [-0.39, 0.29) is 17.5 Å². The molecule has 1 aliphatic heterocycles. The lowest BCUT2D eigenvalue weighted by molar-refractivity contribution is -0.131. The summed E-state index contributed by atoms with van der Waals surface area (Å²) < 4.78 is 0. The molecule has 1 atom stereocenters. The molecule has 0 aromatic heterocycles. The molecule has 1 rings (SSSR count). The number of amides is 1. The van der Waals surface area contributed by atoms with Gasteiger partial charge < -0.3 is 5.32 Å². The molecule has 3 nitrogen and oxygen atoms in total. The molecule has 1 heterocycles. The summed E-state index contributed by atoms with van der Waals surface area (Å²) in [6, 6.07) is 0.115. The number of likely N-dealkylation sites (tertiary alicyclic amines) is 1. The third-order valence-corrected chi connectivity index (χ3v) is 2.09. The van der Waals surface area contributed by atoms with Gasteiger partial charge in [0.25, 0.3) is 0 Å². The maximum atomic E-state index is 11.5. The van der Waals surface area contributed by atoms with Crippen LogP contribution >= 0.6 is 0 Å². The van der Waals surface area contributed by atoms with E-state index in [1.807, 2.05) is 27.8 Å². The minimum Gasteiger partial charge on any atom is -0.350 e. The third kappa shape index (κ3) is 2.21. The SMILES string of the molecule is CN1CCC1C(=O)NC(C)(C)C. The van der Waals surface area contributed by atoms with Crippen molar-refractivity contribution in [2.75, 3.05) is 13.6 Å². The van der Waals surface area contributed by atoms with Crippen LogP contribution in [0.25, 0.3) is 0 Å². The molecule has 1 unspecified atom stereocenters. The Kier molecular flexibility index (Phi) is 2.42. The van der Waals surface area contributed by atoms with Gasteiger partial charge in [0.1, 0.15) is 0 Å². The molecule has 0 radical (unpaired) electrons. The molecule has 0 aromatic carbocycles. The summed E-state index contributed by atoms with van der Waals surface area (Å²) in [5, 5.41) is 2.97. The summed E-state index contributed by atoms with van der Waals surface area (Å²) in [6.07, 6.45) is 0.998. The van der Waals surface area contributed by atoms with Crippen molar-refractivity contribution in [1.82, 2.24) is 10.2 Å². The van der Waals surface area contributed by atoms with E-state index in [2.05, 4.69) is 10.2 Å². The van der Waals surface area contributed by atoms with E-state index in [1.165, 1.54) is 0 Å². The Bertz CT molecular complexity index is 183. The highest BCUT2D eigenvalue weighted by molar-refractivity contribution is 5.83. The molecule has 0 aromatic rings. The highest BCUT2D eigenvalue weighted by Crippen LogP contribution is 2.15. The summed E-state index contributed by atoms with van der Waals surface area (Å²) in [4.78, 5) is 13.6. The van der Waals surface area contributed by atoms with Crippen LogP contribution in [-0.2, 0) is 4.79 Å².